The average Bonchev–Trinajstić information content (AvgIpc) is 3.03. The van der Waals surface area contributed by atoms with E-state index in [2.05, 4.69) is 10.3 Å². The molecule has 1 N–H and O–H groups in total. The predicted octanol–water partition coefficient (Wildman–Crippen LogP) is 3.06. The Morgan fingerprint density at radius 1 is 1.20 bits per heavy atom. The number of aryl methyl sites for hydroxylation is 1. The van der Waals surface area contributed by atoms with Crippen LogP contribution in [0.15, 0.2) is 59.7 Å². The Morgan fingerprint density at radius 2 is 2.00 bits per heavy atom. The molecule has 0 saturated heterocycles. The second-order valence-electron chi connectivity index (χ2n) is 5.47. The van der Waals surface area contributed by atoms with Gasteiger partial charge >= 0.3 is 0 Å². The molecule has 2 aromatic heterocycles. The number of rotatable bonds is 6. The van der Waals surface area contributed by atoms with Crippen molar-refractivity contribution in [1.29, 1.82) is 0 Å². The summed E-state index contributed by atoms with van der Waals surface area (Å²) in [5.74, 6) is -0.461. The molecule has 3 rings (SSSR count). The maximum absolute atomic E-state index is 12.9. The smallest absolute Gasteiger partial charge is 0.250 e. The third-order valence-corrected chi connectivity index (χ3v) is 4.48. The lowest BCUT2D eigenvalue weighted by molar-refractivity contribution is -0.116. The second-order valence-corrected chi connectivity index (χ2v) is 6.58. The monoisotopic (exact) mass is 357 g/mol. The molecule has 0 bridgehead atoms. The maximum Gasteiger partial charge on any atom is 0.250 e. The highest BCUT2D eigenvalue weighted by Crippen LogP contribution is 2.21. The number of anilines is 1. The van der Waals surface area contributed by atoms with Gasteiger partial charge in [0.1, 0.15) is 5.82 Å². The van der Waals surface area contributed by atoms with Crippen molar-refractivity contribution in [2.75, 3.05) is 5.32 Å². The Hall–Kier alpha value is -2.80. The van der Waals surface area contributed by atoms with Gasteiger partial charge in [0.15, 0.2) is 5.13 Å². The molecule has 2 heterocycles. The van der Waals surface area contributed by atoms with Crippen molar-refractivity contribution >= 4 is 22.4 Å². The minimum absolute atomic E-state index is 0.133. The maximum atomic E-state index is 12.9. The van der Waals surface area contributed by atoms with E-state index in [1.54, 1.807) is 36.7 Å². The fourth-order valence-electron chi connectivity index (χ4n) is 2.30. The Kier molecular flexibility index (Phi) is 5.35. The van der Waals surface area contributed by atoms with E-state index in [1.807, 2.05) is 0 Å². The number of benzene rings is 1. The Balaban J connectivity index is 1.54. The Bertz CT molecular complexity index is 918. The van der Waals surface area contributed by atoms with Gasteiger partial charge in [0, 0.05) is 42.7 Å². The van der Waals surface area contributed by atoms with Gasteiger partial charge in [0.05, 0.1) is 0 Å². The number of carbonyl (C=O) groups is 1. The minimum atomic E-state index is -0.265. The third-order valence-electron chi connectivity index (χ3n) is 3.57. The van der Waals surface area contributed by atoms with Gasteiger partial charge in [-0.2, -0.15) is 0 Å². The highest BCUT2D eigenvalue weighted by Gasteiger charge is 2.08. The van der Waals surface area contributed by atoms with E-state index in [0.717, 1.165) is 10.4 Å². The van der Waals surface area contributed by atoms with Gasteiger partial charge in [0.2, 0.25) is 5.91 Å². The number of aromatic nitrogens is 2. The summed E-state index contributed by atoms with van der Waals surface area (Å²) < 4.78 is 14.4. The molecular formula is C18H16FN3O2S. The van der Waals surface area contributed by atoms with Crippen molar-refractivity contribution in [1.82, 2.24) is 9.55 Å². The number of amides is 1. The number of hydrogen-bond acceptors (Lipinski definition) is 4. The molecule has 0 aliphatic heterocycles. The van der Waals surface area contributed by atoms with Crippen LogP contribution in [0, 0.1) is 5.82 Å². The van der Waals surface area contributed by atoms with Gasteiger partial charge in [0.25, 0.3) is 5.56 Å². The molecule has 1 amide bonds. The molecule has 0 unspecified atom stereocenters. The fourth-order valence-corrected chi connectivity index (χ4v) is 3.16. The summed E-state index contributed by atoms with van der Waals surface area (Å²) in [6.45, 7) is 0.319. The SMILES string of the molecule is O=C(CCn1ccccc1=O)Nc1ncc(Cc2ccc(F)cc2)s1. The summed E-state index contributed by atoms with van der Waals surface area (Å²) >= 11 is 1.38. The summed E-state index contributed by atoms with van der Waals surface area (Å²) in [4.78, 5) is 28.7. The molecule has 0 aliphatic carbocycles. The van der Waals surface area contributed by atoms with Crippen LogP contribution in [0.2, 0.25) is 0 Å². The lowest BCUT2D eigenvalue weighted by atomic mass is 10.1. The standard InChI is InChI=1S/C18H16FN3O2S/c19-14-6-4-13(5-7-14)11-15-12-20-18(25-15)21-16(23)8-10-22-9-2-1-3-17(22)24/h1-7,9,12H,8,10-11H2,(H,20,21,23). The number of hydrogen-bond donors (Lipinski definition) is 1. The van der Waals surface area contributed by atoms with Crippen molar-refractivity contribution in [3.05, 3.63) is 81.5 Å². The lowest BCUT2D eigenvalue weighted by Gasteiger charge is -2.04. The highest BCUT2D eigenvalue weighted by atomic mass is 32.1. The minimum Gasteiger partial charge on any atom is -0.315 e. The number of nitrogens with one attached hydrogen (secondary N) is 1. The number of thiazole rings is 1. The van der Waals surface area contributed by atoms with Gasteiger partial charge < -0.3 is 9.88 Å². The quantitative estimate of drug-likeness (QED) is 0.737. The van der Waals surface area contributed by atoms with E-state index in [1.165, 1.54) is 34.1 Å². The molecule has 3 aromatic rings. The summed E-state index contributed by atoms with van der Waals surface area (Å²) in [6.07, 6.45) is 4.18. The Morgan fingerprint density at radius 3 is 2.76 bits per heavy atom. The summed E-state index contributed by atoms with van der Waals surface area (Å²) in [5, 5.41) is 3.26. The largest absolute Gasteiger partial charge is 0.315 e. The number of carbonyl (C=O) groups excluding carboxylic acids is 1. The second kappa shape index (κ2) is 7.85. The molecule has 5 nitrogen and oxygen atoms in total. The first-order valence-electron chi connectivity index (χ1n) is 7.74. The topological polar surface area (TPSA) is 64.0 Å². The van der Waals surface area contributed by atoms with Crippen LogP contribution in [-0.2, 0) is 17.8 Å². The molecular weight excluding hydrogens is 341 g/mol. The van der Waals surface area contributed by atoms with Crippen LogP contribution < -0.4 is 10.9 Å². The van der Waals surface area contributed by atoms with Crippen molar-refractivity contribution < 1.29 is 9.18 Å². The molecule has 0 radical (unpaired) electrons. The molecule has 0 saturated carbocycles. The van der Waals surface area contributed by atoms with Crippen molar-refractivity contribution in [2.24, 2.45) is 0 Å². The van der Waals surface area contributed by atoms with Crippen LogP contribution in [0.4, 0.5) is 9.52 Å². The van der Waals surface area contributed by atoms with E-state index in [9.17, 15) is 14.0 Å². The highest BCUT2D eigenvalue weighted by molar-refractivity contribution is 7.15. The summed E-state index contributed by atoms with van der Waals surface area (Å²) in [6, 6.07) is 11.2. The molecule has 0 aliphatic rings. The molecule has 7 heteroatoms. The Labute approximate surface area is 147 Å². The van der Waals surface area contributed by atoms with E-state index in [0.29, 0.717) is 18.1 Å². The third kappa shape index (κ3) is 4.84. The normalized spacial score (nSPS) is 10.6. The lowest BCUT2D eigenvalue weighted by Crippen LogP contribution is -2.21. The first-order valence-corrected chi connectivity index (χ1v) is 8.56. The van der Waals surface area contributed by atoms with Crippen molar-refractivity contribution in [2.45, 2.75) is 19.4 Å². The molecule has 0 atom stereocenters. The van der Waals surface area contributed by atoms with Gasteiger partial charge in [-0.3, -0.25) is 9.59 Å². The first kappa shape index (κ1) is 17.0. The van der Waals surface area contributed by atoms with E-state index < -0.39 is 0 Å². The van der Waals surface area contributed by atoms with Crippen LogP contribution in [-0.4, -0.2) is 15.5 Å². The number of halogens is 1. The van der Waals surface area contributed by atoms with Crippen LogP contribution in [0.5, 0.6) is 0 Å². The van der Waals surface area contributed by atoms with Crippen LogP contribution in [0.25, 0.3) is 0 Å². The number of nitrogens with zero attached hydrogens (tertiary/aromatic N) is 2. The van der Waals surface area contributed by atoms with Gasteiger partial charge in [-0.05, 0) is 23.8 Å². The van der Waals surface area contributed by atoms with Crippen LogP contribution >= 0.6 is 11.3 Å². The molecule has 128 valence electrons. The molecule has 0 spiro atoms. The zero-order chi connectivity index (χ0) is 17.6. The zero-order valence-corrected chi connectivity index (χ0v) is 14.1. The first-order chi connectivity index (χ1) is 12.1. The van der Waals surface area contributed by atoms with Gasteiger partial charge in [-0.25, -0.2) is 9.37 Å². The zero-order valence-electron chi connectivity index (χ0n) is 13.3. The molecule has 25 heavy (non-hydrogen) atoms. The van der Waals surface area contributed by atoms with Gasteiger partial charge in [-0.15, -0.1) is 11.3 Å². The predicted molar refractivity (Wildman–Crippen MR) is 95.3 cm³/mol. The van der Waals surface area contributed by atoms with Crippen molar-refractivity contribution in [3.63, 3.8) is 0 Å². The average molecular weight is 357 g/mol. The molecule has 1 aromatic carbocycles. The van der Waals surface area contributed by atoms with E-state index in [4.69, 9.17) is 0 Å². The molecule has 0 fully saturated rings. The summed E-state index contributed by atoms with van der Waals surface area (Å²) in [7, 11) is 0. The van der Waals surface area contributed by atoms with Crippen LogP contribution in [0.3, 0.4) is 0 Å². The van der Waals surface area contributed by atoms with E-state index in [-0.39, 0.29) is 23.7 Å². The summed E-state index contributed by atoms with van der Waals surface area (Å²) in [5.41, 5.74) is 0.845. The van der Waals surface area contributed by atoms with Crippen LogP contribution in [0.1, 0.15) is 16.9 Å². The fraction of sp³-hybridized carbons (Fsp3) is 0.167. The van der Waals surface area contributed by atoms with Crippen molar-refractivity contribution in [3.8, 4) is 0 Å². The number of pyridine rings is 1. The van der Waals surface area contributed by atoms with E-state index >= 15 is 0 Å². The van der Waals surface area contributed by atoms with Gasteiger partial charge in [-0.1, -0.05) is 18.2 Å².